The molecule has 0 fully saturated rings. The molecular weight excluding hydrogens is 466 g/mol. The molecular formula is C25H25N5O4S. The van der Waals surface area contributed by atoms with E-state index in [9.17, 15) is 9.59 Å². The Labute approximate surface area is 207 Å². The van der Waals surface area contributed by atoms with Crippen molar-refractivity contribution in [2.45, 2.75) is 24.5 Å². The predicted octanol–water partition coefficient (Wildman–Crippen LogP) is 3.21. The van der Waals surface area contributed by atoms with E-state index >= 15 is 0 Å². The Balaban J connectivity index is 1.93. The molecule has 0 saturated heterocycles. The fourth-order valence-electron chi connectivity index (χ4n) is 3.51. The van der Waals surface area contributed by atoms with Gasteiger partial charge in [-0.3, -0.25) is 14.2 Å². The number of carbonyl (C=O) groups excluding carboxylic acids is 1. The molecule has 2 aromatic carbocycles. The normalized spacial score (nSPS) is 10.4. The summed E-state index contributed by atoms with van der Waals surface area (Å²) in [6.07, 6.45) is 0.361. The standard InChI is InChI=1S/C25H25N5O4S/c1-33-21-10-9-18(15-22(21)34-2)16-30-24(32)19-7-3-4-8-20(19)28-25(30)35-17-23(31)29(13-5-11-26)14-6-12-27/h3-4,7-10,15H,5-6,13-14,16-17H2,1-2H3. The van der Waals surface area contributed by atoms with Crippen LogP contribution in [0.25, 0.3) is 10.9 Å². The summed E-state index contributed by atoms with van der Waals surface area (Å²) in [7, 11) is 3.10. The van der Waals surface area contributed by atoms with Gasteiger partial charge in [0.1, 0.15) is 0 Å². The Hall–Kier alpha value is -4.02. The number of nitrogens with zero attached hydrogens (tertiary/aromatic N) is 5. The third-order valence-electron chi connectivity index (χ3n) is 5.28. The topological polar surface area (TPSA) is 121 Å². The van der Waals surface area contributed by atoms with E-state index in [0.717, 1.165) is 17.3 Å². The van der Waals surface area contributed by atoms with Crippen molar-refractivity contribution in [2.24, 2.45) is 0 Å². The molecule has 0 radical (unpaired) electrons. The van der Waals surface area contributed by atoms with E-state index in [4.69, 9.17) is 20.0 Å². The van der Waals surface area contributed by atoms with Gasteiger partial charge in [-0.05, 0) is 29.8 Å². The molecule has 9 nitrogen and oxygen atoms in total. The maximum atomic E-state index is 13.4. The molecule has 1 amide bonds. The minimum absolute atomic E-state index is 0.0214. The molecule has 35 heavy (non-hydrogen) atoms. The van der Waals surface area contributed by atoms with Crippen molar-refractivity contribution >= 4 is 28.6 Å². The van der Waals surface area contributed by atoms with Crippen LogP contribution in [0.2, 0.25) is 0 Å². The highest BCUT2D eigenvalue weighted by molar-refractivity contribution is 7.99. The highest BCUT2D eigenvalue weighted by Gasteiger charge is 2.18. The SMILES string of the molecule is COc1ccc(Cn2c(SCC(=O)N(CCC#N)CCC#N)nc3ccccc3c2=O)cc1OC. The Kier molecular flexibility index (Phi) is 9.10. The van der Waals surface area contributed by atoms with Crippen LogP contribution in [0.1, 0.15) is 18.4 Å². The molecule has 3 rings (SSSR count). The summed E-state index contributed by atoms with van der Waals surface area (Å²) in [5.74, 6) is 0.922. The van der Waals surface area contributed by atoms with E-state index in [1.807, 2.05) is 18.2 Å². The Bertz CT molecular complexity index is 1320. The van der Waals surface area contributed by atoms with Crippen molar-refractivity contribution in [3.05, 3.63) is 58.4 Å². The number of nitriles is 2. The Morgan fingerprint density at radius 3 is 2.40 bits per heavy atom. The van der Waals surface area contributed by atoms with Gasteiger partial charge in [0.25, 0.3) is 5.56 Å². The minimum atomic E-state index is -0.222. The summed E-state index contributed by atoms with van der Waals surface area (Å²) in [5.41, 5.74) is 1.13. The first-order valence-corrected chi connectivity index (χ1v) is 11.9. The molecule has 0 atom stereocenters. The van der Waals surface area contributed by atoms with Gasteiger partial charge in [-0.15, -0.1) is 0 Å². The lowest BCUT2D eigenvalue weighted by Gasteiger charge is -2.20. The van der Waals surface area contributed by atoms with Gasteiger partial charge in [0, 0.05) is 13.1 Å². The monoisotopic (exact) mass is 491 g/mol. The van der Waals surface area contributed by atoms with E-state index in [2.05, 4.69) is 4.98 Å². The average Bonchev–Trinajstić information content (AvgIpc) is 2.89. The number of amides is 1. The summed E-state index contributed by atoms with van der Waals surface area (Å²) >= 11 is 1.16. The molecule has 0 aliphatic rings. The zero-order valence-corrected chi connectivity index (χ0v) is 20.4. The maximum Gasteiger partial charge on any atom is 0.262 e. The van der Waals surface area contributed by atoms with Gasteiger partial charge >= 0.3 is 0 Å². The van der Waals surface area contributed by atoms with Crippen molar-refractivity contribution in [1.82, 2.24) is 14.5 Å². The van der Waals surface area contributed by atoms with E-state index in [0.29, 0.717) is 27.6 Å². The summed E-state index contributed by atoms with van der Waals surface area (Å²) in [6, 6.07) is 16.5. The van der Waals surface area contributed by atoms with Crippen LogP contribution in [0.15, 0.2) is 52.4 Å². The second-order valence-corrected chi connectivity index (χ2v) is 8.42. The number of methoxy groups -OCH3 is 2. The van der Waals surface area contributed by atoms with Crippen molar-refractivity contribution in [1.29, 1.82) is 10.5 Å². The lowest BCUT2D eigenvalue weighted by atomic mass is 10.2. The van der Waals surface area contributed by atoms with Crippen LogP contribution in [0.5, 0.6) is 11.5 Å². The molecule has 0 spiro atoms. The molecule has 0 aliphatic heterocycles. The number of fused-ring (bicyclic) bond motifs is 1. The third-order valence-corrected chi connectivity index (χ3v) is 6.24. The van der Waals surface area contributed by atoms with Gasteiger partial charge in [0.05, 0.1) is 62.4 Å². The third kappa shape index (κ3) is 6.31. The number of thioether (sulfide) groups is 1. The lowest BCUT2D eigenvalue weighted by Crippen LogP contribution is -2.34. The number of aromatic nitrogens is 2. The first-order valence-electron chi connectivity index (χ1n) is 10.9. The highest BCUT2D eigenvalue weighted by atomic mass is 32.2. The average molecular weight is 492 g/mol. The van der Waals surface area contributed by atoms with E-state index in [-0.39, 0.29) is 49.7 Å². The first-order chi connectivity index (χ1) is 17.0. The molecule has 10 heteroatoms. The molecule has 180 valence electrons. The molecule has 0 unspecified atom stereocenters. The number of hydrogen-bond acceptors (Lipinski definition) is 8. The largest absolute Gasteiger partial charge is 0.493 e. The van der Waals surface area contributed by atoms with E-state index < -0.39 is 0 Å². The fraction of sp³-hybridized carbons (Fsp3) is 0.320. The molecule has 1 heterocycles. The van der Waals surface area contributed by atoms with Gasteiger partial charge in [-0.2, -0.15) is 10.5 Å². The highest BCUT2D eigenvalue weighted by Crippen LogP contribution is 2.28. The van der Waals surface area contributed by atoms with Crippen LogP contribution >= 0.6 is 11.8 Å². The summed E-state index contributed by atoms with van der Waals surface area (Å²) in [4.78, 5) is 32.4. The van der Waals surface area contributed by atoms with Crippen molar-refractivity contribution in [3.63, 3.8) is 0 Å². The van der Waals surface area contributed by atoms with E-state index in [1.54, 1.807) is 50.6 Å². The number of para-hydroxylation sites is 1. The van der Waals surface area contributed by atoms with Crippen LogP contribution < -0.4 is 15.0 Å². The van der Waals surface area contributed by atoms with Crippen molar-refractivity contribution in [3.8, 4) is 23.6 Å². The first kappa shape index (κ1) is 25.6. The van der Waals surface area contributed by atoms with Crippen LogP contribution in [0.3, 0.4) is 0 Å². The molecule has 0 aliphatic carbocycles. The molecule has 0 bridgehead atoms. The number of carbonyl (C=O) groups is 1. The van der Waals surface area contributed by atoms with E-state index in [1.165, 1.54) is 9.47 Å². The van der Waals surface area contributed by atoms with Crippen LogP contribution in [0, 0.1) is 22.7 Å². The number of rotatable bonds is 11. The van der Waals surface area contributed by atoms with Gasteiger partial charge in [-0.1, -0.05) is 30.0 Å². The summed E-state index contributed by atoms with van der Waals surface area (Å²) < 4.78 is 12.2. The Morgan fingerprint density at radius 2 is 1.74 bits per heavy atom. The summed E-state index contributed by atoms with van der Waals surface area (Å²) in [6.45, 7) is 0.725. The van der Waals surface area contributed by atoms with Crippen molar-refractivity contribution < 1.29 is 14.3 Å². The molecule has 1 aromatic heterocycles. The summed E-state index contributed by atoms with van der Waals surface area (Å²) in [5, 5.41) is 18.7. The second kappa shape index (κ2) is 12.4. The lowest BCUT2D eigenvalue weighted by molar-refractivity contribution is -0.128. The zero-order chi connectivity index (χ0) is 25.2. The fourth-order valence-corrected chi connectivity index (χ4v) is 4.41. The molecule has 3 aromatic rings. The van der Waals surface area contributed by atoms with Crippen molar-refractivity contribution in [2.75, 3.05) is 33.1 Å². The number of benzene rings is 2. The zero-order valence-electron chi connectivity index (χ0n) is 19.6. The second-order valence-electron chi connectivity index (χ2n) is 7.48. The number of hydrogen-bond donors (Lipinski definition) is 0. The number of ether oxygens (including phenoxy) is 2. The quantitative estimate of drug-likeness (QED) is 0.296. The van der Waals surface area contributed by atoms with Gasteiger partial charge in [0.2, 0.25) is 5.91 Å². The minimum Gasteiger partial charge on any atom is -0.493 e. The predicted molar refractivity (Wildman–Crippen MR) is 132 cm³/mol. The van der Waals surface area contributed by atoms with Crippen LogP contribution in [-0.4, -0.2) is 53.4 Å². The smallest absolute Gasteiger partial charge is 0.262 e. The van der Waals surface area contributed by atoms with Crippen LogP contribution in [0.4, 0.5) is 0 Å². The molecule has 0 saturated carbocycles. The Morgan fingerprint density at radius 1 is 1.06 bits per heavy atom. The van der Waals surface area contributed by atoms with Gasteiger partial charge < -0.3 is 14.4 Å². The van der Waals surface area contributed by atoms with Gasteiger partial charge in [0.15, 0.2) is 16.7 Å². The molecule has 0 N–H and O–H groups in total. The maximum absolute atomic E-state index is 13.4. The van der Waals surface area contributed by atoms with Gasteiger partial charge in [-0.25, -0.2) is 4.98 Å². The van der Waals surface area contributed by atoms with Crippen LogP contribution in [-0.2, 0) is 11.3 Å².